The number of thiol groups is 1. The maximum Gasteiger partial charge on any atom is 0.215 e. The van der Waals surface area contributed by atoms with Gasteiger partial charge in [0.15, 0.2) is 51.6 Å². The Labute approximate surface area is 317 Å². The molecule has 0 saturated carbocycles. The summed E-state index contributed by atoms with van der Waals surface area (Å²) in [6.07, 6.45) is 0.687. The van der Waals surface area contributed by atoms with E-state index in [2.05, 4.69) is 27.7 Å². The Bertz CT molecular complexity index is 1940. The lowest BCUT2D eigenvalue weighted by Gasteiger charge is -2.38. The van der Waals surface area contributed by atoms with Gasteiger partial charge in [-0.1, -0.05) is 20.8 Å². The number of thioether (sulfide) groups is 1. The third kappa shape index (κ3) is 5.30. The molecule has 3 aromatic heterocycles. The molecule has 8 heterocycles. The summed E-state index contributed by atoms with van der Waals surface area (Å²) < 4.78 is 38.7. The highest BCUT2D eigenvalue weighted by Gasteiger charge is 2.59. The van der Waals surface area contributed by atoms with Gasteiger partial charge < -0.3 is 48.8 Å². The molecule has 4 N–H and O–H groups in total. The highest BCUT2D eigenvalue weighted by atomic mass is 32.2. The van der Waals surface area contributed by atoms with E-state index in [1.807, 2.05) is 13.8 Å². The molecule has 2 saturated heterocycles. The summed E-state index contributed by atoms with van der Waals surface area (Å²) in [6, 6.07) is 0. The van der Waals surface area contributed by atoms with Crippen LogP contribution in [-0.4, -0.2) is 82.8 Å². The molecule has 6 atom stereocenters. The molecule has 5 aliphatic rings. The molecule has 2 fully saturated rings. The number of aromatic hydroxyl groups is 4. The molecule has 15 heteroatoms. The van der Waals surface area contributed by atoms with E-state index in [4.69, 9.17) is 28.4 Å². The molecule has 0 spiro atoms. The number of fused-ring (bicyclic) bond motifs is 3. The quantitative estimate of drug-likeness (QED) is 0.136. The van der Waals surface area contributed by atoms with Crippen LogP contribution in [0.3, 0.4) is 0 Å². The van der Waals surface area contributed by atoms with Crippen molar-refractivity contribution in [1.82, 2.24) is 0 Å². The van der Waals surface area contributed by atoms with Crippen molar-refractivity contribution in [2.75, 3.05) is 39.6 Å². The number of hydrogen-bond acceptors (Lipinski definition) is 14. The Morgan fingerprint density at radius 3 is 1.86 bits per heavy atom. The lowest BCUT2D eigenvalue weighted by atomic mass is 9.79. The molecular weight excluding hydrogens is 753 g/mol. The standard InChI is InChI=1S/C36H42O10S5/c1-7-35(5,31-19(39)17(37)15(3)47-31)33-25-23(43-11-13-45-25)29(50-33)27-21-22(42-10-9-41-21)28(49-27)30-24-26(46-14-12-44-24)34(51-30)36(6,8-2)32-20(40)18(38)16(4)48-32/h21,25,27,33,37-40H,7-14H2,1-6H3/p+1. The van der Waals surface area contributed by atoms with Gasteiger partial charge in [-0.2, -0.15) is 0 Å². The van der Waals surface area contributed by atoms with E-state index in [0.29, 0.717) is 78.6 Å². The molecular formula is C36H43O10S5+. The van der Waals surface area contributed by atoms with Gasteiger partial charge in [-0.3, -0.25) is 0 Å². The van der Waals surface area contributed by atoms with E-state index in [1.165, 1.54) is 22.7 Å². The highest BCUT2D eigenvalue weighted by molar-refractivity contribution is 8.05. The number of aryl methyl sites for hydroxylation is 2. The summed E-state index contributed by atoms with van der Waals surface area (Å²) >= 11 is 7.12. The SMILES string of the molecule is CCC(C)(c1sc(C)c(O)c1O)c1sc(C2=C3OCCOC3C(C3=C4OCCOC4C(C(C)(CC)c4sc(C)c(O)c4O)S3)[SH+]2)c2c1OCCO2. The first-order chi connectivity index (χ1) is 24.4. The molecule has 0 bridgehead atoms. The summed E-state index contributed by atoms with van der Waals surface area (Å²) in [5, 5.41) is 43.1. The first-order valence-corrected chi connectivity index (χ1v) is 21.5. The van der Waals surface area contributed by atoms with Gasteiger partial charge >= 0.3 is 0 Å². The fourth-order valence-electron chi connectivity index (χ4n) is 7.61. The van der Waals surface area contributed by atoms with Crippen LogP contribution >= 0.6 is 45.8 Å². The highest BCUT2D eigenvalue weighted by Crippen LogP contribution is 2.62. The minimum absolute atomic E-state index is 0.0516. The molecule has 0 amide bonds. The molecule has 0 radical (unpaired) electrons. The van der Waals surface area contributed by atoms with Crippen LogP contribution in [0.1, 0.15) is 69.8 Å². The van der Waals surface area contributed by atoms with Crippen molar-refractivity contribution in [3.63, 3.8) is 0 Å². The maximum atomic E-state index is 11.1. The van der Waals surface area contributed by atoms with Crippen molar-refractivity contribution in [2.24, 2.45) is 0 Å². The summed E-state index contributed by atoms with van der Waals surface area (Å²) in [7, 11) is 0. The number of hydrogen-bond donors (Lipinski definition) is 4. The summed E-state index contributed by atoms with van der Waals surface area (Å²) in [5.74, 6) is 2.67. The normalized spacial score (nSPS) is 26.7. The summed E-state index contributed by atoms with van der Waals surface area (Å²) in [5.41, 5.74) is -1.18. The zero-order valence-corrected chi connectivity index (χ0v) is 33.4. The lowest BCUT2D eigenvalue weighted by Crippen LogP contribution is -2.43. The molecule has 5 aliphatic heterocycles. The first-order valence-electron chi connectivity index (χ1n) is 17.3. The van der Waals surface area contributed by atoms with Crippen LogP contribution in [0.5, 0.6) is 34.5 Å². The third-order valence-electron chi connectivity index (χ3n) is 10.9. The third-order valence-corrected chi connectivity index (χ3v) is 18.6. The van der Waals surface area contributed by atoms with Crippen molar-refractivity contribution in [1.29, 1.82) is 0 Å². The largest absolute Gasteiger partial charge is 0.503 e. The minimum atomic E-state index is -0.651. The zero-order valence-electron chi connectivity index (χ0n) is 29.3. The van der Waals surface area contributed by atoms with Gasteiger partial charge in [-0.05, 0) is 33.6 Å². The molecule has 0 aliphatic carbocycles. The molecule has 10 nitrogen and oxygen atoms in total. The monoisotopic (exact) mass is 795 g/mol. The van der Waals surface area contributed by atoms with Gasteiger partial charge in [0.2, 0.25) is 4.91 Å². The van der Waals surface area contributed by atoms with E-state index >= 15 is 0 Å². The van der Waals surface area contributed by atoms with E-state index in [-0.39, 0.29) is 45.7 Å². The van der Waals surface area contributed by atoms with E-state index < -0.39 is 10.8 Å². The Hall–Kier alpha value is -2.40. The Morgan fingerprint density at radius 1 is 0.667 bits per heavy atom. The van der Waals surface area contributed by atoms with E-state index in [9.17, 15) is 20.4 Å². The second kappa shape index (κ2) is 13.2. The molecule has 51 heavy (non-hydrogen) atoms. The Balaban J connectivity index is 1.20. The molecule has 0 aromatic carbocycles. The van der Waals surface area contributed by atoms with Crippen LogP contribution in [0.4, 0.5) is 0 Å². The maximum absolute atomic E-state index is 11.1. The number of rotatable bonds is 8. The summed E-state index contributed by atoms with van der Waals surface area (Å²) in [4.78, 5) is 6.68. The fraction of sp³-hybridized carbons (Fsp3) is 0.556. The predicted molar refractivity (Wildman–Crippen MR) is 204 cm³/mol. The molecule has 6 unspecified atom stereocenters. The van der Waals surface area contributed by atoms with Gasteiger partial charge in [0.25, 0.3) is 0 Å². The van der Waals surface area contributed by atoms with Crippen LogP contribution in [0.2, 0.25) is 0 Å². The van der Waals surface area contributed by atoms with Crippen molar-refractivity contribution >= 4 is 62.4 Å². The van der Waals surface area contributed by atoms with Gasteiger partial charge in [-0.15, -0.1) is 45.8 Å². The number of ether oxygens (including phenoxy) is 6. The Kier molecular flexibility index (Phi) is 9.20. The smallest absolute Gasteiger partial charge is 0.215 e. The van der Waals surface area contributed by atoms with Crippen LogP contribution < -0.4 is 9.47 Å². The van der Waals surface area contributed by atoms with Crippen LogP contribution in [0, 0.1) is 13.8 Å². The fourth-order valence-corrected chi connectivity index (χ4v) is 15.2. The molecule has 276 valence electrons. The van der Waals surface area contributed by atoms with Crippen LogP contribution in [0.15, 0.2) is 16.4 Å². The minimum Gasteiger partial charge on any atom is -0.503 e. The van der Waals surface area contributed by atoms with Crippen molar-refractivity contribution in [3.8, 4) is 34.5 Å². The van der Waals surface area contributed by atoms with E-state index in [0.717, 1.165) is 47.7 Å². The van der Waals surface area contributed by atoms with Crippen molar-refractivity contribution in [3.05, 3.63) is 45.7 Å². The van der Waals surface area contributed by atoms with Gasteiger partial charge in [0.05, 0.1) is 38.0 Å². The summed E-state index contributed by atoms with van der Waals surface area (Å²) in [6.45, 7) is 14.7. The first kappa shape index (κ1) is 35.6. The average molecular weight is 796 g/mol. The average Bonchev–Trinajstić information content (AvgIpc) is 3.95. The zero-order chi connectivity index (χ0) is 36.0. The second-order valence-electron chi connectivity index (χ2n) is 13.8. The van der Waals surface area contributed by atoms with Crippen molar-refractivity contribution in [2.45, 2.75) is 87.9 Å². The Morgan fingerprint density at radius 2 is 1.25 bits per heavy atom. The van der Waals surface area contributed by atoms with Gasteiger partial charge in [-0.25, -0.2) is 0 Å². The number of thiophene rings is 3. The van der Waals surface area contributed by atoms with Crippen LogP contribution in [0.25, 0.3) is 4.91 Å². The molecule has 3 aromatic rings. The predicted octanol–water partition coefficient (Wildman–Crippen LogP) is 7.19. The second-order valence-corrected chi connectivity index (χ2v) is 19.7. The van der Waals surface area contributed by atoms with E-state index in [1.54, 1.807) is 23.1 Å². The van der Waals surface area contributed by atoms with Crippen LogP contribution in [-0.2, 0) is 41.5 Å². The lowest BCUT2D eigenvalue weighted by molar-refractivity contribution is -0.0504. The topological polar surface area (TPSA) is 136 Å². The van der Waals surface area contributed by atoms with Gasteiger partial charge in [0, 0.05) is 32.3 Å². The van der Waals surface area contributed by atoms with Gasteiger partial charge in [0.1, 0.15) is 43.2 Å². The van der Waals surface area contributed by atoms with Crippen molar-refractivity contribution < 1.29 is 48.8 Å². The molecule has 8 rings (SSSR count).